The molecule has 3 rings (SSSR count). The van der Waals surface area contributed by atoms with Crippen molar-refractivity contribution in [2.24, 2.45) is 0 Å². The Morgan fingerprint density at radius 2 is 1.58 bits per heavy atom. The van der Waals surface area contributed by atoms with Gasteiger partial charge < -0.3 is 15.3 Å². The number of hydrogen-bond donors (Lipinski definition) is 2. The van der Waals surface area contributed by atoms with E-state index in [0.29, 0.717) is 33.5 Å². The van der Waals surface area contributed by atoms with Crippen LogP contribution in [0.5, 0.6) is 0 Å². The van der Waals surface area contributed by atoms with Gasteiger partial charge >= 0.3 is 5.97 Å². The van der Waals surface area contributed by atoms with Crippen LogP contribution in [0.3, 0.4) is 0 Å². The van der Waals surface area contributed by atoms with Gasteiger partial charge in [0.2, 0.25) is 5.91 Å². The van der Waals surface area contributed by atoms with Gasteiger partial charge in [0, 0.05) is 6.54 Å². The van der Waals surface area contributed by atoms with E-state index in [1.165, 1.54) is 0 Å². The highest BCUT2D eigenvalue weighted by Crippen LogP contribution is 2.33. The molecule has 0 saturated carbocycles. The van der Waals surface area contributed by atoms with Crippen LogP contribution in [0.25, 0.3) is 11.1 Å². The second kappa shape index (κ2) is 12.7. The number of rotatable bonds is 8. The van der Waals surface area contributed by atoms with Gasteiger partial charge in [0.15, 0.2) is 0 Å². The van der Waals surface area contributed by atoms with Crippen molar-refractivity contribution in [3.8, 4) is 11.1 Å². The molecule has 38 heavy (non-hydrogen) atoms. The van der Waals surface area contributed by atoms with Crippen LogP contribution in [0.1, 0.15) is 38.8 Å². The fourth-order valence-corrected chi connectivity index (χ4v) is 4.99. The molecule has 0 saturated heterocycles. The summed E-state index contributed by atoms with van der Waals surface area (Å²) in [5, 5.41) is 12.2. The lowest BCUT2D eigenvalue weighted by molar-refractivity contribution is -0.136. The average molecular weight is 574 g/mol. The number of carbonyl (C=O) groups excluding carboxylic acids is 2. The summed E-state index contributed by atoms with van der Waals surface area (Å²) in [7, 11) is 0. The summed E-state index contributed by atoms with van der Waals surface area (Å²) >= 11 is 13.8. The van der Waals surface area contributed by atoms with Crippen molar-refractivity contribution in [1.82, 2.24) is 0 Å². The molecule has 0 aliphatic heterocycles. The number of hydrogen-bond acceptors (Lipinski definition) is 4. The Hall–Kier alpha value is -3.00. The van der Waals surface area contributed by atoms with Crippen LogP contribution in [-0.4, -0.2) is 34.5 Å². The molecule has 3 aromatic rings. The number of nitrogens with one attached hydrogen (secondary N) is 1. The summed E-state index contributed by atoms with van der Waals surface area (Å²) in [6, 6.07) is 18.1. The molecule has 2 amide bonds. The van der Waals surface area contributed by atoms with Gasteiger partial charge in [-0.3, -0.25) is 14.4 Å². The molecule has 0 atom stereocenters. The van der Waals surface area contributed by atoms with Crippen molar-refractivity contribution in [3.63, 3.8) is 0 Å². The maximum absolute atomic E-state index is 12.9. The third-order valence-electron chi connectivity index (χ3n) is 5.85. The van der Waals surface area contributed by atoms with E-state index in [1.807, 2.05) is 43.3 Å². The molecule has 0 radical (unpaired) electrons. The zero-order chi connectivity index (χ0) is 28.0. The molecule has 0 aromatic heterocycles. The summed E-state index contributed by atoms with van der Waals surface area (Å²) < 4.78 is 0. The first kappa shape index (κ1) is 29.6. The van der Waals surface area contributed by atoms with Gasteiger partial charge in [-0.15, -0.1) is 0 Å². The largest absolute Gasteiger partial charge is 0.481 e. The highest BCUT2D eigenvalue weighted by atomic mass is 35.5. The van der Waals surface area contributed by atoms with Crippen LogP contribution in [0.2, 0.25) is 10.0 Å². The van der Waals surface area contributed by atoms with Crippen molar-refractivity contribution in [2.45, 2.75) is 39.5 Å². The number of thioether (sulfide) groups is 1. The maximum Gasteiger partial charge on any atom is 0.307 e. The smallest absolute Gasteiger partial charge is 0.307 e. The monoisotopic (exact) mass is 572 g/mol. The van der Waals surface area contributed by atoms with Crippen LogP contribution in [0, 0.1) is 0 Å². The number of carboxylic acids is 1. The first-order chi connectivity index (χ1) is 17.9. The lowest BCUT2D eigenvalue weighted by Gasteiger charge is -2.24. The van der Waals surface area contributed by atoms with Gasteiger partial charge in [-0.2, -0.15) is 0 Å². The van der Waals surface area contributed by atoms with E-state index in [0.717, 1.165) is 28.5 Å². The van der Waals surface area contributed by atoms with Crippen LogP contribution in [-0.2, 0) is 21.4 Å². The predicted molar refractivity (Wildman–Crippen MR) is 158 cm³/mol. The van der Waals surface area contributed by atoms with Crippen molar-refractivity contribution in [1.29, 1.82) is 0 Å². The summed E-state index contributed by atoms with van der Waals surface area (Å²) in [6.45, 7) is 8.55. The van der Waals surface area contributed by atoms with E-state index >= 15 is 0 Å². The number of aliphatic carboxylic acids is 1. The molecule has 200 valence electrons. The molecule has 0 unspecified atom stereocenters. The standard InChI is InChI=1S/C29H30Cl2N2O4S/c1-5-33(25-13-11-21(16-23(25)31)29(2,3)4)28(37)38-17-26(34)32-24-12-10-20(15-22(24)30)19-8-6-18(7-9-19)14-27(35)36/h6-13,15-16H,5,14,17H2,1-4H3,(H,32,34)(H,35,36). The minimum atomic E-state index is -0.887. The van der Waals surface area contributed by atoms with Gasteiger partial charge in [-0.05, 0) is 58.9 Å². The number of nitrogens with zero attached hydrogens (tertiary/aromatic N) is 1. The summed E-state index contributed by atoms with van der Waals surface area (Å²) in [6.07, 6.45) is -0.0426. The molecule has 0 fully saturated rings. The zero-order valence-corrected chi connectivity index (χ0v) is 24.0. The molecule has 0 bridgehead atoms. The minimum Gasteiger partial charge on any atom is -0.481 e. The third-order valence-corrected chi connectivity index (χ3v) is 7.34. The van der Waals surface area contributed by atoms with E-state index in [2.05, 4.69) is 26.1 Å². The van der Waals surface area contributed by atoms with Crippen LogP contribution in [0.15, 0.2) is 60.7 Å². The average Bonchev–Trinajstić information content (AvgIpc) is 2.85. The minimum absolute atomic E-state index is 0.0426. The predicted octanol–water partition coefficient (Wildman–Crippen LogP) is 7.90. The quantitative estimate of drug-likeness (QED) is 0.286. The SMILES string of the molecule is CCN(C(=O)SCC(=O)Nc1ccc(-c2ccc(CC(=O)O)cc2)cc1Cl)c1ccc(C(C)(C)C)cc1Cl. The molecular weight excluding hydrogens is 543 g/mol. The van der Waals surface area contributed by atoms with Crippen molar-refractivity contribution < 1.29 is 19.5 Å². The van der Waals surface area contributed by atoms with Gasteiger partial charge in [-0.1, -0.05) is 92.1 Å². The second-order valence-corrected chi connectivity index (χ2v) is 11.5. The van der Waals surface area contributed by atoms with Gasteiger partial charge in [0.1, 0.15) is 0 Å². The van der Waals surface area contributed by atoms with Crippen LogP contribution < -0.4 is 10.2 Å². The number of benzene rings is 3. The highest BCUT2D eigenvalue weighted by molar-refractivity contribution is 8.14. The van der Waals surface area contributed by atoms with Crippen molar-refractivity contribution in [3.05, 3.63) is 81.8 Å². The molecule has 9 heteroatoms. The van der Waals surface area contributed by atoms with Crippen LogP contribution >= 0.6 is 35.0 Å². The Bertz CT molecular complexity index is 1340. The summed E-state index contributed by atoms with van der Waals surface area (Å²) in [5.74, 6) is -1.33. The Balaban J connectivity index is 1.61. The summed E-state index contributed by atoms with van der Waals surface area (Å²) in [5.41, 5.74) is 4.44. The Morgan fingerprint density at radius 3 is 2.13 bits per heavy atom. The van der Waals surface area contributed by atoms with E-state index in [1.54, 1.807) is 29.2 Å². The Morgan fingerprint density at radius 1 is 0.921 bits per heavy atom. The number of amides is 2. The molecular formula is C29H30Cl2N2O4S. The maximum atomic E-state index is 12.9. The lowest BCUT2D eigenvalue weighted by atomic mass is 9.87. The van der Waals surface area contributed by atoms with Gasteiger partial charge in [-0.25, -0.2) is 0 Å². The fraction of sp³-hybridized carbons (Fsp3) is 0.276. The molecule has 0 heterocycles. The lowest BCUT2D eigenvalue weighted by Crippen LogP contribution is -2.29. The molecule has 2 N–H and O–H groups in total. The normalized spacial score (nSPS) is 11.2. The Kier molecular flexibility index (Phi) is 9.88. The molecule has 0 aliphatic rings. The fourth-order valence-electron chi connectivity index (χ4n) is 3.77. The summed E-state index contributed by atoms with van der Waals surface area (Å²) in [4.78, 5) is 37.9. The van der Waals surface area contributed by atoms with Gasteiger partial charge in [0.05, 0.1) is 33.6 Å². The first-order valence-corrected chi connectivity index (χ1v) is 13.8. The van der Waals surface area contributed by atoms with E-state index < -0.39 is 5.97 Å². The van der Waals surface area contributed by atoms with Crippen molar-refractivity contribution in [2.75, 3.05) is 22.5 Å². The second-order valence-electron chi connectivity index (χ2n) is 9.73. The topological polar surface area (TPSA) is 86.7 Å². The van der Waals surface area contributed by atoms with Crippen LogP contribution in [0.4, 0.5) is 16.2 Å². The number of carboxylic acid groups (broad SMARTS) is 1. The van der Waals surface area contributed by atoms with E-state index in [4.69, 9.17) is 28.3 Å². The van der Waals surface area contributed by atoms with E-state index in [-0.39, 0.29) is 28.7 Å². The molecule has 0 aliphatic carbocycles. The van der Waals surface area contributed by atoms with E-state index in [9.17, 15) is 14.4 Å². The molecule has 3 aromatic carbocycles. The first-order valence-electron chi connectivity index (χ1n) is 12.0. The number of carbonyl (C=O) groups is 3. The van der Waals surface area contributed by atoms with Crippen molar-refractivity contribution >= 4 is 63.5 Å². The molecule has 0 spiro atoms. The molecule has 6 nitrogen and oxygen atoms in total. The van der Waals surface area contributed by atoms with Gasteiger partial charge in [0.25, 0.3) is 5.24 Å². The zero-order valence-electron chi connectivity index (χ0n) is 21.7. The Labute approximate surface area is 237 Å². The number of halogens is 2. The number of anilines is 2. The highest BCUT2D eigenvalue weighted by Gasteiger charge is 2.21. The third kappa shape index (κ3) is 7.76.